The van der Waals surface area contributed by atoms with Crippen LogP contribution in [0, 0.1) is 5.82 Å². The number of methoxy groups -OCH3 is 1. The van der Waals surface area contributed by atoms with Crippen LogP contribution in [0.15, 0.2) is 18.2 Å². The topological polar surface area (TPSA) is 49.4 Å². The zero-order valence-electron chi connectivity index (χ0n) is 6.33. The maximum Gasteiger partial charge on any atom is 0.135 e. The fourth-order valence-electron chi connectivity index (χ4n) is 0.788. The highest BCUT2D eigenvalue weighted by molar-refractivity contribution is 5.86. The zero-order chi connectivity index (χ0) is 9.14. The van der Waals surface area contributed by atoms with Crippen LogP contribution in [0.2, 0.25) is 0 Å². The summed E-state index contributed by atoms with van der Waals surface area (Å²) in [5.41, 5.74) is -0.462. The number of carbonyl (C=O) groups excluding carboxylic acids is 1. The molecule has 1 aromatic rings. The molecule has 3 nitrogen and oxygen atoms in total. The second kappa shape index (κ2) is 3.21. The number of rotatable bonds is 2. The minimum Gasteiger partial charge on any atom is -0.545 e. The Morgan fingerprint density at radius 2 is 2.25 bits per heavy atom. The molecule has 0 aromatic heterocycles. The van der Waals surface area contributed by atoms with E-state index in [1.807, 2.05) is 0 Å². The molecule has 1 aromatic carbocycles. The summed E-state index contributed by atoms with van der Waals surface area (Å²) in [7, 11) is 1.37. The molecule has 0 unspecified atom stereocenters. The van der Waals surface area contributed by atoms with E-state index in [0.717, 1.165) is 12.1 Å². The number of carboxylic acid groups (broad SMARTS) is 1. The van der Waals surface area contributed by atoms with Crippen molar-refractivity contribution in [3.8, 4) is 5.75 Å². The molecule has 0 radical (unpaired) electrons. The molecular formula is C8H6FO3-. The lowest BCUT2D eigenvalue weighted by Crippen LogP contribution is -2.23. The van der Waals surface area contributed by atoms with Crippen LogP contribution in [0.3, 0.4) is 0 Å². The molecule has 0 aliphatic rings. The quantitative estimate of drug-likeness (QED) is 0.635. The molecule has 0 spiro atoms. The number of carboxylic acids is 1. The first-order chi connectivity index (χ1) is 5.65. The van der Waals surface area contributed by atoms with Crippen molar-refractivity contribution in [2.24, 2.45) is 0 Å². The van der Waals surface area contributed by atoms with Crippen molar-refractivity contribution in [1.82, 2.24) is 0 Å². The zero-order valence-corrected chi connectivity index (χ0v) is 6.33. The van der Waals surface area contributed by atoms with Crippen LogP contribution >= 0.6 is 0 Å². The predicted octanol–water partition coefficient (Wildman–Crippen LogP) is 0.198. The molecule has 0 aliphatic heterocycles. The van der Waals surface area contributed by atoms with Crippen LogP contribution in [0.25, 0.3) is 0 Å². The SMILES string of the molecule is COc1ccc(C(=O)[O-])c(F)c1. The molecule has 4 heteroatoms. The summed E-state index contributed by atoms with van der Waals surface area (Å²) in [5.74, 6) is -2.11. The second-order valence-corrected chi connectivity index (χ2v) is 2.13. The molecular weight excluding hydrogens is 163 g/mol. The normalized spacial score (nSPS) is 9.50. The van der Waals surface area contributed by atoms with Gasteiger partial charge < -0.3 is 14.6 Å². The van der Waals surface area contributed by atoms with Crippen molar-refractivity contribution in [3.05, 3.63) is 29.6 Å². The third-order valence-corrected chi connectivity index (χ3v) is 1.40. The Morgan fingerprint density at radius 1 is 1.58 bits per heavy atom. The Bertz CT molecular complexity index is 309. The highest BCUT2D eigenvalue weighted by Gasteiger charge is 2.03. The molecule has 0 atom stereocenters. The van der Waals surface area contributed by atoms with Crippen molar-refractivity contribution in [1.29, 1.82) is 0 Å². The van der Waals surface area contributed by atoms with Gasteiger partial charge in [0, 0.05) is 11.6 Å². The summed E-state index contributed by atoms with van der Waals surface area (Å²) >= 11 is 0. The molecule has 0 N–H and O–H groups in total. The monoisotopic (exact) mass is 169 g/mol. The fraction of sp³-hybridized carbons (Fsp3) is 0.125. The van der Waals surface area contributed by atoms with Gasteiger partial charge in [-0.1, -0.05) is 0 Å². The number of halogens is 1. The van der Waals surface area contributed by atoms with E-state index in [-0.39, 0.29) is 5.75 Å². The van der Waals surface area contributed by atoms with Crippen LogP contribution in [0.5, 0.6) is 5.75 Å². The molecule has 0 aliphatic carbocycles. The van der Waals surface area contributed by atoms with Gasteiger partial charge in [0.05, 0.1) is 13.1 Å². The molecule has 12 heavy (non-hydrogen) atoms. The number of hydrogen-bond donors (Lipinski definition) is 0. The number of ether oxygens (including phenoxy) is 1. The van der Waals surface area contributed by atoms with E-state index in [0.29, 0.717) is 0 Å². The summed E-state index contributed by atoms with van der Waals surface area (Å²) in [5, 5.41) is 10.2. The molecule has 0 bridgehead atoms. The van der Waals surface area contributed by atoms with E-state index in [4.69, 9.17) is 0 Å². The van der Waals surface area contributed by atoms with E-state index >= 15 is 0 Å². The maximum atomic E-state index is 12.8. The molecule has 64 valence electrons. The van der Waals surface area contributed by atoms with Gasteiger partial charge >= 0.3 is 0 Å². The third kappa shape index (κ3) is 1.53. The Morgan fingerprint density at radius 3 is 2.67 bits per heavy atom. The van der Waals surface area contributed by atoms with Gasteiger partial charge in [-0.3, -0.25) is 0 Å². The third-order valence-electron chi connectivity index (χ3n) is 1.40. The second-order valence-electron chi connectivity index (χ2n) is 2.13. The lowest BCUT2D eigenvalue weighted by atomic mass is 10.2. The van der Waals surface area contributed by atoms with E-state index in [9.17, 15) is 14.3 Å². The maximum absolute atomic E-state index is 12.8. The van der Waals surface area contributed by atoms with E-state index in [2.05, 4.69) is 4.74 Å². The predicted molar refractivity (Wildman–Crippen MR) is 37.3 cm³/mol. The highest BCUT2D eigenvalue weighted by Crippen LogP contribution is 2.15. The standard InChI is InChI=1S/C8H7FO3/c1-12-5-2-3-6(8(10)11)7(9)4-5/h2-4H,1H3,(H,10,11)/p-1. The van der Waals surface area contributed by atoms with Crippen LogP contribution in [-0.4, -0.2) is 13.1 Å². The summed E-state index contributed by atoms with van der Waals surface area (Å²) in [6.07, 6.45) is 0. The first-order valence-electron chi connectivity index (χ1n) is 3.20. The summed E-state index contributed by atoms with van der Waals surface area (Å²) < 4.78 is 17.5. The van der Waals surface area contributed by atoms with Crippen LogP contribution in [-0.2, 0) is 0 Å². The minimum atomic E-state index is -1.53. The molecule has 1 rings (SSSR count). The molecule has 0 saturated carbocycles. The largest absolute Gasteiger partial charge is 0.545 e. The average molecular weight is 169 g/mol. The van der Waals surface area contributed by atoms with Crippen molar-refractivity contribution >= 4 is 5.97 Å². The first-order valence-corrected chi connectivity index (χ1v) is 3.20. The smallest absolute Gasteiger partial charge is 0.135 e. The summed E-state index contributed by atoms with van der Waals surface area (Å²) in [6, 6.07) is 3.45. The fourth-order valence-corrected chi connectivity index (χ4v) is 0.788. The van der Waals surface area contributed by atoms with Crippen LogP contribution in [0.1, 0.15) is 10.4 Å². The highest BCUT2D eigenvalue weighted by atomic mass is 19.1. The number of benzene rings is 1. The lowest BCUT2D eigenvalue weighted by molar-refractivity contribution is -0.255. The summed E-state index contributed by atoms with van der Waals surface area (Å²) in [4.78, 5) is 10.2. The van der Waals surface area contributed by atoms with Gasteiger partial charge in [0.2, 0.25) is 0 Å². The number of aromatic carboxylic acids is 1. The molecule has 0 fully saturated rings. The molecule has 0 heterocycles. The Kier molecular flexibility index (Phi) is 2.28. The van der Waals surface area contributed by atoms with E-state index < -0.39 is 17.3 Å². The van der Waals surface area contributed by atoms with E-state index in [1.54, 1.807) is 0 Å². The van der Waals surface area contributed by atoms with Gasteiger partial charge in [0.25, 0.3) is 0 Å². The van der Waals surface area contributed by atoms with E-state index in [1.165, 1.54) is 13.2 Å². The van der Waals surface area contributed by atoms with Crippen molar-refractivity contribution < 1.29 is 19.0 Å². The number of carbonyl (C=O) groups is 1. The van der Waals surface area contributed by atoms with Gasteiger partial charge in [0.1, 0.15) is 11.6 Å². The lowest BCUT2D eigenvalue weighted by Gasteiger charge is -2.05. The van der Waals surface area contributed by atoms with Crippen molar-refractivity contribution in [3.63, 3.8) is 0 Å². The van der Waals surface area contributed by atoms with Crippen LogP contribution < -0.4 is 9.84 Å². The van der Waals surface area contributed by atoms with Gasteiger partial charge in [-0.05, 0) is 12.1 Å². The first kappa shape index (κ1) is 8.52. The Hall–Kier alpha value is -1.58. The average Bonchev–Trinajstić information content (AvgIpc) is 2.03. The van der Waals surface area contributed by atoms with Gasteiger partial charge in [-0.25, -0.2) is 4.39 Å². The van der Waals surface area contributed by atoms with Gasteiger partial charge in [0.15, 0.2) is 0 Å². The molecule has 0 saturated heterocycles. The van der Waals surface area contributed by atoms with Gasteiger partial charge in [-0.15, -0.1) is 0 Å². The van der Waals surface area contributed by atoms with Crippen LogP contribution in [0.4, 0.5) is 4.39 Å². The summed E-state index contributed by atoms with van der Waals surface area (Å²) in [6.45, 7) is 0. The Balaban J connectivity index is 3.12. The van der Waals surface area contributed by atoms with Crippen molar-refractivity contribution in [2.45, 2.75) is 0 Å². The van der Waals surface area contributed by atoms with Gasteiger partial charge in [-0.2, -0.15) is 0 Å². The molecule has 0 amide bonds. The number of hydrogen-bond acceptors (Lipinski definition) is 3. The Labute approximate surface area is 68.4 Å². The minimum absolute atomic E-state index is 0.275. The van der Waals surface area contributed by atoms with Crippen molar-refractivity contribution in [2.75, 3.05) is 7.11 Å².